The number of carboxylic acid groups (broad SMARTS) is 1. The van der Waals surface area contributed by atoms with Crippen molar-refractivity contribution in [1.29, 1.82) is 0 Å². The lowest BCUT2D eigenvalue weighted by atomic mass is 10.0. The zero-order chi connectivity index (χ0) is 11.7. The Bertz CT molecular complexity index is 519. The highest BCUT2D eigenvalue weighted by Gasteiger charge is 2.26. The summed E-state index contributed by atoms with van der Waals surface area (Å²) in [5.74, 6) is -1.43. The van der Waals surface area contributed by atoms with E-state index in [2.05, 4.69) is 0 Å². The Labute approximate surface area is 95.4 Å². The number of aliphatic hydroxyl groups excluding tert-OH is 2. The quantitative estimate of drug-likeness (QED) is 0.755. The van der Waals surface area contributed by atoms with E-state index in [4.69, 9.17) is 5.11 Å². The van der Waals surface area contributed by atoms with E-state index >= 15 is 0 Å². The summed E-state index contributed by atoms with van der Waals surface area (Å²) in [5.41, 5.74) is 0.454. The van der Waals surface area contributed by atoms with E-state index in [1.54, 1.807) is 17.5 Å². The van der Waals surface area contributed by atoms with Gasteiger partial charge in [0.2, 0.25) is 0 Å². The predicted octanol–water partition coefficient (Wildman–Crippen LogP) is 1.38. The van der Waals surface area contributed by atoms with Crippen molar-refractivity contribution in [3.8, 4) is 0 Å². The highest BCUT2D eigenvalue weighted by molar-refractivity contribution is 7.17. The number of fused-ring (bicyclic) bond motifs is 1. The molecule has 1 heterocycles. The molecule has 84 valence electrons. The lowest BCUT2D eigenvalue weighted by molar-refractivity contribution is -0.153. The third kappa shape index (κ3) is 1.80. The van der Waals surface area contributed by atoms with Crippen molar-refractivity contribution in [3.63, 3.8) is 0 Å². The van der Waals surface area contributed by atoms with Crippen LogP contribution >= 0.6 is 11.3 Å². The number of aliphatic hydroxyl groups is 2. The van der Waals surface area contributed by atoms with Crippen LogP contribution in [-0.4, -0.2) is 27.4 Å². The Morgan fingerprint density at radius 1 is 1.25 bits per heavy atom. The maximum absolute atomic E-state index is 10.6. The molecule has 1 aromatic carbocycles. The Kier molecular flexibility index (Phi) is 2.91. The Morgan fingerprint density at radius 3 is 2.62 bits per heavy atom. The van der Waals surface area contributed by atoms with Crippen LogP contribution < -0.4 is 0 Å². The van der Waals surface area contributed by atoms with Crippen LogP contribution in [0.4, 0.5) is 0 Å². The number of benzene rings is 1. The van der Waals surface area contributed by atoms with Gasteiger partial charge in [0, 0.05) is 10.3 Å². The molecule has 2 aromatic rings. The molecular formula is C11H10O4S. The largest absolute Gasteiger partial charge is 0.479 e. The molecule has 4 nitrogen and oxygen atoms in total. The Hall–Kier alpha value is -1.43. The SMILES string of the molecule is O=C(O)C(O)C(O)c1csc2ccccc12. The van der Waals surface area contributed by atoms with Gasteiger partial charge in [-0.05, 0) is 16.8 Å². The number of rotatable bonds is 3. The van der Waals surface area contributed by atoms with Gasteiger partial charge in [-0.15, -0.1) is 11.3 Å². The molecule has 5 heteroatoms. The van der Waals surface area contributed by atoms with Crippen LogP contribution in [0.5, 0.6) is 0 Å². The van der Waals surface area contributed by atoms with E-state index in [-0.39, 0.29) is 0 Å². The summed E-state index contributed by atoms with van der Waals surface area (Å²) in [5, 5.41) is 30.1. The van der Waals surface area contributed by atoms with Crippen LogP contribution in [0.15, 0.2) is 29.6 Å². The van der Waals surface area contributed by atoms with Crippen molar-refractivity contribution in [1.82, 2.24) is 0 Å². The van der Waals surface area contributed by atoms with E-state index in [1.807, 2.05) is 12.1 Å². The Morgan fingerprint density at radius 2 is 1.94 bits per heavy atom. The molecule has 0 saturated heterocycles. The first kappa shape index (κ1) is 11.1. The van der Waals surface area contributed by atoms with Gasteiger partial charge in [0.1, 0.15) is 6.10 Å². The lowest BCUT2D eigenvalue weighted by Gasteiger charge is -2.13. The van der Waals surface area contributed by atoms with Crippen LogP contribution in [0.3, 0.4) is 0 Å². The van der Waals surface area contributed by atoms with E-state index < -0.39 is 18.2 Å². The average Bonchev–Trinajstić information content (AvgIpc) is 2.70. The Balaban J connectivity index is 2.44. The highest BCUT2D eigenvalue weighted by Crippen LogP contribution is 2.31. The fourth-order valence-corrected chi connectivity index (χ4v) is 2.52. The highest BCUT2D eigenvalue weighted by atomic mass is 32.1. The topological polar surface area (TPSA) is 77.8 Å². The number of carbonyl (C=O) groups is 1. The molecule has 2 unspecified atom stereocenters. The molecule has 2 atom stereocenters. The molecule has 2 rings (SSSR count). The molecule has 0 fully saturated rings. The molecule has 16 heavy (non-hydrogen) atoms. The molecule has 0 spiro atoms. The summed E-state index contributed by atoms with van der Waals surface area (Å²) in [6.45, 7) is 0. The number of aliphatic carboxylic acids is 1. The molecule has 0 aliphatic rings. The van der Waals surface area contributed by atoms with Gasteiger partial charge in [0.15, 0.2) is 6.10 Å². The summed E-state index contributed by atoms with van der Waals surface area (Å²) in [4.78, 5) is 10.6. The third-order valence-corrected chi connectivity index (χ3v) is 3.36. The lowest BCUT2D eigenvalue weighted by Crippen LogP contribution is -2.27. The molecule has 1 aromatic heterocycles. The van der Waals surface area contributed by atoms with Crippen LogP contribution in [0.1, 0.15) is 11.7 Å². The van der Waals surface area contributed by atoms with Crippen molar-refractivity contribution < 1.29 is 20.1 Å². The predicted molar refractivity (Wildman–Crippen MR) is 60.4 cm³/mol. The van der Waals surface area contributed by atoms with Crippen molar-refractivity contribution in [2.75, 3.05) is 0 Å². The van der Waals surface area contributed by atoms with E-state index in [0.29, 0.717) is 5.56 Å². The fourth-order valence-electron chi connectivity index (χ4n) is 1.53. The molecule has 0 aliphatic heterocycles. The summed E-state index contributed by atoms with van der Waals surface area (Å²) in [7, 11) is 0. The smallest absolute Gasteiger partial charge is 0.335 e. The molecular weight excluding hydrogens is 228 g/mol. The van der Waals surface area contributed by atoms with E-state index in [1.165, 1.54) is 11.3 Å². The van der Waals surface area contributed by atoms with Crippen molar-refractivity contribution in [2.45, 2.75) is 12.2 Å². The van der Waals surface area contributed by atoms with Crippen LogP contribution in [0.2, 0.25) is 0 Å². The van der Waals surface area contributed by atoms with E-state index in [0.717, 1.165) is 10.1 Å². The molecule has 0 bridgehead atoms. The minimum Gasteiger partial charge on any atom is -0.479 e. The number of thiophene rings is 1. The monoisotopic (exact) mass is 238 g/mol. The number of hydrogen-bond donors (Lipinski definition) is 3. The maximum Gasteiger partial charge on any atom is 0.335 e. The van der Waals surface area contributed by atoms with Gasteiger partial charge in [0.05, 0.1) is 0 Å². The van der Waals surface area contributed by atoms with Gasteiger partial charge in [0.25, 0.3) is 0 Å². The molecule has 0 radical (unpaired) electrons. The van der Waals surface area contributed by atoms with Gasteiger partial charge < -0.3 is 15.3 Å². The molecule has 0 amide bonds. The van der Waals surface area contributed by atoms with Gasteiger partial charge >= 0.3 is 5.97 Å². The van der Waals surface area contributed by atoms with Gasteiger partial charge in [-0.2, -0.15) is 0 Å². The average molecular weight is 238 g/mol. The minimum atomic E-state index is -1.79. The zero-order valence-corrected chi connectivity index (χ0v) is 9.02. The zero-order valence-electron chi connectivity index (χ0n) is 8.20. The third-order valence-electron chi connectivity index (χ3n) is 2.38. The normalized spacial score (nSPS) is 14.9. The molecule has 3 N–H and O–H groups in total. The van der Waals surface area contributed by atoms with Crippen LogP contribution in [0, 0.1) is 0 Å². The first-order valence-corrected chi connectivity index (χ1v) is 5.54. The standard InChI is InChI=1S/C11H10O4S/c12-9(10(13)11(14)15)7-5-16-8-4-2-1-3-6(7)8/h1-5,9-10,12-13H,(H,14,15). The fraction of sp³-hybridized carbons (Fsp3) is 0.182. The molecule has 0 aliphatic carbocycles. The second-order valence-electron chi connectivity index (χ2n) is 3.42. The van der Waals surface area contributed by atoms with Crippen molar-refractivity contribution >= 4 is 27.4 Å². The first-order chi connectivity index (χ1) is 7.61. The second kappa shape index (κ2) is 4.21. The maximum atomic E-state index is 10.6. The van der Waals surface area contributed by atoms with Gasteiger partial charge in [-0.25, -0.2) is 4.79 Å². The molecule has 0 saturated carbocycles. The summed E-state index contributed by atoms with van der Waals surface area (Å²) in [6, 6.07) is 7.34. The van der Waals surface area contributed by atoms with Crippen molar-refractivity contribution in [3.05, 3.63) is 35.2 Å². The van der Waals surface area contributed by atoms with Crippen molar-refractivity contribution in [2.24, 2.45) is 0 Å². The minimum absolute atomic E-state index is 0.454. The summed E-state index contributed by atoms with van der Waals surface area (Å²) < 4.78 is 0.953. The van der Waals surface area contributed by atoms with Gasteiger partial charge in [-0.3, -0.25) is 0 Å². The summed E-state index contributed by atoms with van der Waals surface area (Å²) >= 11 is 1.41. The van der Waals surface area contributed by atoms with Crippen LogP contribution in [-0.2, 0) is 4.79 Å². The second-order valence-corrected chi connectivity index (χ2v) is 4.33. The summed E-state index contributed by atoms with van der Waals surface area (Å²) in [6.07, 6.45) is -3.19. The van der Waals surface area contributed by atoms with E-state index in [9.17, 15) is 15.0 Å². The number of hydrogen-bond acceptors (Lipinski definition) is 4. The van der Waals surface area contributed by atoms with Gasteiger partial charge in [-0.1, -0.05) is 18.2 Å². The first-order valence-electron chi connectivity index (χ1n) is 4.66. The van der Waals surface area contributed by atoms with Crippen LogP contribution in [0.25, 0.3) is 10.1 Å². The number of carboxylic acids is 1.